The monoisotopic (exact) mass is 574 g/mol. The second kappa shape index (κ2) is 11.6. The molecular weight excluding hydrogens is 541 g/mol. The number of piperazine rings is 1. The van der Waals surface area contributed by atoms with Gasteiger partial charge in [-0.15, -0.1) is 11.8 Å². The van der Waals surface area contributed by atoms with Crippen LogP contribution < -0.4 is 14.9 Å². The first-order chi connectivity index (χ1) is 19.5. The number of hydrogen-bond donors (Lipinski definition) is 2. The SMILES string of the molecule is O=C(c1ccc(NS(=O)(=O)c2cccc3c2NCC=C3)cc1)N1CCN(c2ccc(SCC3CCC3)cc2)CC1. The summed E-state index contributed by atoms with van der Waals surface area (Å²) in [5.74, 6) is 2.08. The third-order valence-corrected chi connectivity index (χ3v) is 10.6. The van der Waals surface area contributed by atoms with E-state index >= 15 is 0 Å². The molecule has 1 amide bonds. The lowest BCUT2D eigenvalue weighted by molar-refractivity contribution is 0.0747. The van der Waals surface area contributed by atoms with E-state index in [2.05, 4.69) is 39.2 Å². The van der Waals surface area contributed by atoms with Crippen molar-refractivity contribution in [2.24, 2.45) is 5.92 Å². The van der Waals surface area contributed by atoms with Crippen molar-refractivity contribution in [2.75, 3.05) is 53.4 Å². The summed E-state index contributed by atoms with van der Waals surface area (Å²) in [5.41, 5.74) is 3.60. The molecule has 1 saturated carbocycles. The molecule has 0 bridgehead atoms. The van der Waals surface area contributed by atoms with Crippen LogP contribution >= 0.6 is 11.8 Å². The zero-order valence-corrected chi connectivity index (χ0v) is 24.0. The Morgan fingerprint density at radius 3 is 2.40 bits per heavy atom. The molecule has 3 aliphatic rings. The average molecular weight is 575 g/mol. The number of anilines is 3. The van der Waals surface area contributed by atoms with Gasteiger partial charge in [-0.2, -0.15) is 0 Å². The van der Waals surface area contributed by atoms with Crippen molar-refractivity contribution < 1.29 is 13.2 Å². The van der Waals surface area contributed by atoms with Gasteiger partial charge < -0.3 is 15.1 Å². The van der Waals surface area contributed by atoms with Crippen LogP contribution in [0.2, 0.25) is 0 Å². The molecule has 0 radical (unpaired) electrons. The molecule has 0 unspecified atom stereocenters. The normalized spacial score (nSPS) is 17.1. The minimum atomic E-state index is -3.80. The number of benzene rings is 3. The van der Waals surface area contributed by atoms with Crippen molar-refractivity contribution in [3.8, 4) is 0 Å². The largest absolute Gasteiger partial charge is 0.380 e. The van der Waals surface area contributed by atoms with Crippen LogP contribution in [-0.2, 0) is 10.0 Å². The highest BCUT2D eigenvalue weighted by atomic mass is 32.2. The molecule has 6 rings (SSSR count). The molecule has 3 aromatic carbocycles. The molecule has 2 N–H and O–H groups in total. The summed E-state index contributed by atoms with van der Waals surface area (Å²) in [4.78, 5) is 18.9. The number of thioether (sulfide) groups is 1. The van der Waals surface area contributed by atoms with E-state index in [0.717, 1.165) is 24.6 Å². The number of fused-ring (bicyclic) bond motifs is 1. The zero-order chi connectivity index (χ0) is 27.5. The van der Waals surface area contributed by atoms with Gasteiger partial charge in [-0.3, -0.25) is 9.52 Å². The maximum atomic E-state index is 13.2. The minimum Gasteiger partial charge on any atom is -0.380 e. The maximum Gasteiger partial charge on any atom is 0.263 e. The fourth-order valence-corrected chi connectivity index (χ4v) is 7.68. The van der Waals surface area contributed by atoms with Crippen molar-refractivity contribution in [1.82, 2.24) is 4.90 Å². The highest BCUT2D eigenvalue weighted by molar-refractivity contribution is 7.99. The molecular formula is C31H34N4O3S2. The molecule has 1 saturated heterocycles. The van der Waals surface area contributed by atoms with Crippen molar-refractivity contribution in [2.45, 2.75) is 29.1 Å². The fraction of sp³-hybridized carbons (Fsp3) is 0.323. The average Bonchev–Trinajstić information content (AvgIpc) is 2.96. The quantitative estimate of drug-likeness (QED) is 0.332. The number of carbonyl (C=O) groups is 1. The highest BCUT2D eigenvalue weighted by Gasteiger charge is 2.24. The molecule has 7 nitrogen and oxygen atoms in total. The van der Waals surface area contributed by atoms with E-state index in [0.29, 0.717) is 36.6 Å². The Balaban J connectivity index is 1.03. The fourth-order valence-electron chi connectivity index (χ4n) is 5.32. The molecule has 0 atom stereocenters. The van der Waals surface area contributed by atoms with E-state index in [1.807, 2.05) is 34.9 Å². The van der Waals surface area contributed by atoms with Crippen LogP contribution in [0.25, 0.3) is 6.08 Å². The molecule has 1 aliphatic carbocycles. The standard InChI is InChI=1S/C31H34N4O3S2/c36-31(35-20-18-34(19-21-35)27-13-15-28(16-14-27)39-22-23-4-1-5-23)25-9-11-26(12-10-25)33-40(37,38)29-8-2-6-24-7-3-17-32-30(24)29/h2-3,6-16,23,32-33H,1,4-5,17-22H2. The molecule has 0 spiro atoms. The van der Waals surface area contributed by atoms with Gasteiger partial charge in [0.05, 0.1) is 5.69 Å². The number of para-hydroxylation sites is 1. The van der Waals surface area contributed by atoms with Crippen LogP contribution in [0.15, 0.2) is 82.6 Å². The third-order valence-electron chi connectivity index (χ3n) is 7.91. The minimum absolute atomic E-state index is 0.0371. The Morgan fingerprint density at radius 1 is 0.950 bits per heavy atom. The highest BCUT2D eigenvalue weighted by Crippen LogP contribution is 2.33. The van der Waals surface area contributed by atoms with Gasteiger partial charge in [-0.05, 0) is 78.9 Å². The lowest BCUT2D eigenvalue weighted by atomic mass is 9.87. The maximum absolute atomic E-state index is 13.2. The molecule has 0 aromatic heterocycles. The lowest BCUT2D eigenvalue weighted by Gasteiger charge is -2.36. The van der Waals surface area contributed by atoms with Gasteiger partial charge in [0.1, 0.15) is 4.90 Å². The summed E-state index contributed by atoms with van der Waals surface area (Å²) in [6.45, 7) is 3.43. The molecule has 2 aliphatic heterocycles. The van der Waals surface area contributed by atoms with Crippen LogP contribution in [0.4, 0.5) is 17.1 Å². The van der Waals surface area contributed by atoms with E-state index in [1.54, 1.807) is 36.4 Å². The van der Waals surface area contributed by atoms with Crippen LogP contribution in [0.3, 0.4) is 0 Å². The number of nitrogens with one attached hydrogen (secondary N) is 2. The molecule has 40 heavy (non-hydrogen) atoms. The lowest BCUT2D eigenvalue weighted by Crippen LogP contribution is -2.48. The van der Waals surface area contributed by atoms with Gasteiger partial charge >= 0.3 is 0 Å². The number of hydrogen-bond acceptors (Lipinski definition) is 6. The van der Waals surface area contributed by atoms with Gasteiger partial charge in [-0.25, -0.2) is 8.42 Å². The van der Waals surface area contributed by atoms with Crippen LogP contribution in [0.1, 0.15) is 35.2 Å². The zero-order valence-electron chi connectivity index (χ0n) is 22.4. The predicted octanol–water partition coefficient (Wildman–Crippen LogP) is 5.78. The van der Waals surface area contributed by atoms with Gasteiger partial charge in [0.15, 0.2) is 0 Å². The first-order valence-electron chi connectivity index (χ1n) is 13.9. The first-order valence-corrected chi connectivity index (χ1v) is 16.4. The van der Waals surface area contributed by atoms with Crippen molar-refractivity contribution in [3.05, 3.63) is 83.9 Å². The van der Waals surface area contributed by atoms with E-state index < -0.39 is 10.0 Å². The van der Waals surface area contributed by atoms with Crippen molar-refractivity contribution in [3.63, 3.8) is 0 Å². The molecule has 3 aromatic rings. The summed E-state index contributed by atoms with van der Waals surface area (Å²) in [7, 11) is -3.80. The van der Waals surface area contributed by atoms with Crippen molar-refractivity contribution >= 4 is 50.8 Å². The summed E-state index contributed by atoms with van der Waals surface area (Å²) in [5, 5.41) is 3.15. The number of amides is 1. The molecule has 9 heteroatoms. The number of rotatable bonds is 8. The van der Waals surface area contributed by atoms with Crippen LogP contribution in [0.5, 0.6) is 0 Å². The Morgan fingerprint density at radius 2 is 1.70 bits per heavy atom. The smallest absolute Gasteiger partial charge is 0.263 e. The number of carbonyl (C=O) groups excluding carboxylic acids is 1. The molecule has 208 valence electrons. The Kier molecular flexibility index (Phi) is 7.76. The summed E-state index contributed by atoms with van der Waals surface area (Å²) < 4.78 is 28.9. The summed E-state index contributed by atoms with van der Waals surface area (Å²) in [6.07, 6.45) is 8.01. The van der Waals surface area contributed by atoms with Crippen LogP contribution in [0, 0.1) is 5.92 Å². The van der Waals surface area contributed by atoms with E-state index in [4.69, 9.17) is 0 Å². The van der Waals surface area contributed by atoms with Crippen molar-refractivity contribution in [1.29, 1.82) is 0 Å². The second-order valence-corrected chi connectivity index (χ2v) is 13.3. The Bertz CT molecular complexity index is 1490. The number of nitrogens with zero attached hydrogens (tertiary/aromatic N) is 2. The van der Waals surface area contributed by atoms with E-state index in [1.165, 1.54) is 35.6 Å². The van der Waals surface area contributed by atoms with Gasteiger partial charge in [0.2, 0.25) is 0 Å². The first kappa shape index (κ1) is 26.8. The topological polar surface area (TPSA) is 81.7 Å². The van der Waals surface area contributed by atoms with Gasteiger partial charge in [0, 0.05) is 60.3 Å². The van der Waals surface area contributed by atoms with Gasteiger partial charge in [0.25, 0.3) is 15.9 Å². The Hall–Kier alpha value is -3.43. The second-order valence-electron chi connectivity index (χ2n) is 10.6. The molecule has 2 heterocycles. The van der Waals surface area contributed by atoms with E-state index in [-0.39, 0.29) is 10.8 Å². The number of sulfonamides is 1. The summed E-state index contributed by atoms with van der Waals surface area (Å²) >= 11 is 1.96. The van der Waals surface area contributed by atoms with E-state index in [9.17, 15) is 13.2 Å². The van der Waals surface area contributed by atoms with Gasteiger partial charge in [-0.1, -0.05) is 30.7 Å². The van der Waals surface area contributed by atoms with Crippen LogP contribution in [-0.4, -0.2) is 57.7 Å². The predicted molar refractivity (Wildman–Crippen MR) is 164 cm³/mol. The summed E-state index contributed by atoms with van der Waals surface area (Å²) in [6, 6.07) is 20.7. The third kappa shape index (κ3) is 5.86. The Labute approximate surface area is 240 Å². The molecule has 2 fully saturated rings.